The summed E-state index contributed by atoms with van der Waals surface area (Å²) in [6.07, 6.45) is 2.29. The van der Waals surface area contributed by atoms with Crippen molar-refractivity contribution in [1.82, 2.24) is 10.2 Å². The molecule has 1 aliphatic rings. The van der Waals surface area contributed by atoms with Gasteiger partial charge in [-0.15, -0.1) is 0 Å². The molecule has 1 aromatic carbocycles. The molecule has 0 aromatic heterocycles. The molecule has 3 nitrogen and oxygen atoms in total. The fourth-order valence-corrected chi connectivity index (χ4v) is 2.31. The Balaban J connectivity index is 1.73. The quantitative estimate of drug-likeness (QED) is 0.858. The second kappa shape index (κ2) is 5.82. The first-order chi connectivity index (χ1) is 8.27. The molecule has 0 radical (unpaired) electrons. The normalized spacial score (nSPS) is 19.6. The Bertz CT molecular complexity index is 364. The van der Waals surface area contributed by atoms with Gasteiger partial charge in [0.1, 0.15) is 0 Å². The van der Waals surface area contributed by atoms with Crippen molar-refractivity contribution in [3.8, 4) is 0 Å². The second-order valence-corrected chi connectivity index (χ2v) is 4.67. The van der Waals surface area contributed by atoms with Gasteiger partial charge in [-0.25, -0.2) is 0 Å². The van der Waals surface area contributed by atoms with E-state index in [1.54, 1.807) is 0 Å². The molecule has 0 saturated carbocycles. The Morgan fingerprint density at radius 3 is 2.82 bits per heavy atom. The van der Waals surface area contributed by atoms with E-state index < -0.39 is 0 Å². The van der Waals surface area contributed by atoms with Crippen molar-refractivity contribution < 1.29 is 4.79 Å². The topological polar surface area (TPSA) is 32.3 Å². The number of amides is 1. The average molecular weight is 232 g/mol. The molecule has 1 amide bonds. The molecule has 1 aliphatic heterocycles. The van der Waals surface area contributed by atoms with Gasteiger partial charge < -0.3 is 10.2 Å². The number of carbonyl (C=O) groups excluding carboxylic acids is 1. The van der Waals surface area contributed by atoms with Gasteiger partial charge in [0.25, 0.3) is 0 Å². The van der Waals surface area contributed by atoms with Gasteiger partial charge in [-0.05, 0) is 25.3 Å². The van der Waals surface area contributed by atoms with Crippen molar-refractivity contribution >= 4 is 5.91 Å². The number of nitrogens with zero attached hydrogens (tertiary/aromatic N) is 1. The largest absolute Gasteiger partial charge is 0.339 e. The van der Waals surface area contributed by atoms with Crippen molar-refractivity contribution in [3.05, 3.63) is 35.9 Å². The molecule has 1 saturated heterocycles. The Morgan fingerprint density at radius 1 is 1.41 bits per heavy atom. The van der Waals surface area contributed by atoms with Crippen LogP contribution < -0.4 is 5.32 Å². The zero-order chi connectivity index (χ0) is 12.1. The maximum absolute atomic E-state index is 11.9. The summed E-state index contributed by atoms with van der Waals surface area (Å²) in [7, 11) is 0. The van der Waals surface area contributed by atoms with E-state index in [2.05, 4.69) is 24.4 Å². The molecule has 1 N–H and O–H groups in total. The van der Waals surface area contributed by atoms with Crippen LogP contribution in [0.5, 0.6) is 0 Å². The Kier molecular flexibility index (Phi) is 4.15. The monoisotopic (exact) mass is 232 g/mol. The van der Waals surface area contributed by atoms with Crippen LogP contribution in [-0.2, 0) is 11.3 Å². The summed E-state index contributed by atoms with van der Waals surface area (Å²) in [6, 6.07) is 10.6. The SMILES string of the molecule is CC1CCCN1C(=O)CNCc1ccccc1. The molecule has 2 rings (SSSR count). The minimum atomic E-state index is 0.228. The molecule has 1 unspecified atom stereocenters. The van der Waals surface area contributed by atoms with E-state index >= 15 is 0 Å². The van der Waals surface area contributed by atoms with E-state index in [-0.39, 0.29) is 5.91 Å². The van der Waals surface area contributed by atoms with Gasteiger partial charge in [0.2, 0.25) is 5.91 Å². The first-order valence-electron chi connectivity index (χ1n) is 6.31. The summed E-state index contributed by atoms with van der Waals surface area (Å²) in [5.74, 6) is 0.228. The highest BCUT2D eigenvalue weighted by Crippen LogP contribution is 2.15. The second-order valence-electron chi connectivity index (χ2n) is 4.67. The maximum atomic E-state index is 11.9. The zero-order valence-electron chi connectivity index (χ0n) is 10.4. The van der Waals surface area contributed by atoms with Crippen molar-refractivity contribution in [1.29, 1.82) is 0 Å². The first-order valence-corrected chi connectivity index (χ1v) is 6.31. The number of benzene rings is 1. The van der Waals surface area contributed by atoms with Crippen LogP contribution in [0.3, 0.4) is 0 Å². The third-order valence-electron chi connectivity index (χ3n) is 3.32. The minimum Gasteiger partial charge on any atom is -0.339 e. The predicted molar refractivity (Wildman–Crippen MR) is 68.6 cm³/mol. The lowest BCUT2D eigenvalue weighted by Crippen LogP contribution is -2.39. The molecule has 1 atom stereocenters. The van der Waals surface area contributed by atoms with Crippen LogP contribution in [0.2, 0.25) is 0 Å². The standard InChI is InChI=1S/C14H20N2O/c1-12-6-5-9-16(12)14(17)11-15-10-13-7-3-2-4-8-13/h2-4,7-8,12,15H,5-6,9-11H2,1H3. The van der Waals surface area contributed by atoms with Gasteiger partial charge in [-0.3, -0.25) is 4.79 Å². The number of carbonyl (C=O) groups is 1. The van der Waals surface area contributed by atoms with Gasteiger partial charge in [0.05, 0.1) is 6.54 Å². The lowest BCUT2D eigenvalue weighted by Gasteiger charge is -2.21. The Morgan fingerprint density at radius 2 is 2.18 bits per heavy atom. The van der Waals surface area contributed by atoms with Crippen molar-refractivity contribution in [2.24, 2.45) is 0 Å². The number of hydrogen-bond acceptors (Lipinski definition) is 2. The van der Waals surface area contributed by atoms with Gasteiger partial charge in [-0.1, -0.05) is 30.3 Å². The van der Waals surface area contributed by atoms with E-state index in [0.29, 0.717) is 12.6 Å². The van der Waals surface area contributed by atoms with Crippen LogP contribution in [0, 0.1) is 0 Å². The van der Waals surface area contributed by atoms with E-state index in [4.69, 9.17) is 0 Å². The van der Waals surface area contributed by atoms with Gasteiger partial charge in [-0.2, -0.15) is 0 Å². The number of likely N-dealkylation sites (tertiary alicyclic amines) is 1. The van der Waals surface area contributed by atoms with Crippen LogP contribution in [0.15, 0.2) is 30.3 Å². The van der Waals surface area contributed by atoms with Gasteiger partial charge >= 0.3 is 0 Å². The summed E-state index contributed by atoms with van der Waals surface area (Å²) < 4.78 is 0. The third kappa shape index (κ3) is 3.30. The highest BCUT2D eigenvalue weighted by atomic mass is 16.2. The summed E-state index contributed by atoms with van der Waals surface area (Å²) in [5.41, 5.74) is 1.22. The van der Waals surface area contributed by atoms with Crippen LogP contribution in [-0.4, -0.2) is 29.9 Å². The minimum absolute atomic E-state index is 0.228. The van der Waals surface area contributed by atoms with Crippen molar-refractivity contribution in [3.63, 3.8) is 0 Å². The van der Waals surface area contributed by atoms with Crippen LogP contribution >= 0.6 is 0 Å². The molecule has 1 heterocycles. The molecular formula is C14H20N2O. The summed E-state index contributed by atoms with van der Waals surface area (Å²) in [6.45, 7) is 4.25. The average Bonchev–Trinajstić information content (AvgIpc) is 2.77. The van der Waals surface area contributed by atoms with Gasteiger partial charge in [0.15, 0.2) is 0 Å². The summed E-state index contributed by atoms with van der Waals surface area (Å²) >= 11 is 0. The van der Waals surface area contributed by atoms with E-state index in [1.165, 1.54) is 5.56 Å². The molecule has 1 fully saturated rings. The first kappa shape index (κ1) is 12.1. The van der Waals surface area contributed by atoms with Crippen LogP contribution in [0.1, 0.15) is 25.3 Å². The van der Waals surface area contributed by atoms with Crippen LogP contribution in [0.4, 0.5) is 0 Å². The van der Waals surface area contributed by atoms with Gasteiger partial charge in [0, 0.05) is 19.1 Å². The third-order valence-corrected chi connectivity index (χ3v) is 3.32. The van der Waals surface area contributed by atoms with Crippen molar-refractivity contribution in [2.75, 3.05) is 13.1 Å². The van der Waals surface area contributed by atoms with E-state index in [9.17, 15) is 4.79 Å². The lowest BCUT2D eigenvalue weighted by molar-refractivity contribution is -0.130. The molecule has 0 aliphatic carbocycles. The fourth-order valence-electron chi connectivity index (χ4n) is 2.31. The number of hydrogen-bond donors (Lipinski definition) is 1. The Labute approximate surface area is 103 Å². The maximum Gasteiger partial charge on any atom is 0.236 e. The zero-order valence-corrected chi connectivity index (χ0v) is 10.4. The van der Waals surface area contributed by atoms with Crippen molar-refractivity contribution in [2.45, 2.75) is 32.4 Å². The van der Waals surface area contributed by atoms with E-state index in [1.807, 2.05) is 23.1 Å². The molecule has 17 heavy (non-hydrogen) atoms. The molecule has 3 heteroatoms. The molecule has 1 aromatic rings. The predicted octanol–water partition coefficient (Wildman–Crippen LogP) is 1.79. The van der Waals surface area contributed by atoms with E-state index in [0.717, 1.165) is 25.9 Å². The highest BCUT2D eigenvalue weighted by Gasteiger charge is 2.24. The number of rotatable bonds is 4. The lowest BCUT2D eigenvalue weighted by atomic mass is 10.2. The summed E-state index contributed by atoms with van der Waals surface area (Å²) in [4.78, 5) is 13.9. The molecule has 92 valence electrons. The summed E-state index contributed by atoms with van der Waals surface area (Å²) in [5, 5.41) is 3.21. The number of nitrogens with one attached hydrogen (secondary N) is 1. The smallest absolute Gasteiger partial charge is 0.236 e. The van der Waals surface area contributed by atoms with Crippen LogP contribution in [0.25, 0.3) is 0 Å². The highest BCUT2D eigenvalue weighted by molar-refractivity contribution is 5.78. The molecular weight excluding hydrogens is 212 g/mol. The molecule has 0 bridgehead atoms. The Hall–Kier alpha value is -1.35. The fraction of sp³-hybridized carbons (Fsp3) is 0.500. The molecule has 0 spiro atoms.